The van der Waals surface area contributed by atoms with E-state index in [2.05, 4.69) is 9.56 Å². The van der Waals surface area contributed by atoms with E-state index in [0.717, 1.165) is 11.1 Å². The van der Waals surface area contributed by atoms with Crippen LogP contribution in [0.5, 0.6) is 0 Å². The summed E-state index contributed by atoms with van der Waals surface area (Å²) in [5.74, 6) is -2.67. The van der Waals surface area contributed by atoms with Crippen LogP contribution in [0.4, 0.5) is 5.69 Å². The summed E-state index contributed by atoms with van der Waals surface area (Å²) < 4.78 is 59.6. The number of imide groups is 1. The Kier molecular flexibility index (Phi) is 11.9. The fourth-order valence-electron chi connectivity index (χ4n) is 3.49. The van der Waals surface area contributed by atoms with Gasteiger partial charge in [-0.1, -0.05) is 45.9 Å². The molecular weight excluding hydrogens is 590 g/mol. The maximum Gasteiger partial charge on any atom is 0.334 e. The van der Waals surface area contributed by atoms with Gasteiger partial charge >= 0.3 is 5.97 Å². The Labute approximate surface area is 250 Å². The van der Waals surface area contributed by atoms with Crippen molar-refractivity contribution in [3.05, 3.63) is 36.4 Å². The third-order valence-electron chi connectivity index (χ3n) is 5.20. The number of hydrogen-bond acceptors (Lipinski definition) is 11. The van der Waals surface area contributed by atoms with Gasteiger partial charge in [0.15, 0.2) is 5.25 Å². The monoisotopic (exact) mass is 614 g/mol. The number of hydrogen-bond donors (Lipinski definition) is 2. The number of nitrogens with zero attached hydrogens (tertiary/aromatic N) is 2. The fourth-order valence-corrected chi connectivity index (χ4v) is 7.45. The normalized spacial score (nSPS) is 16.0. The molecule has 3 rings (SSSR count). The van der Waals surface area contributed by atoms with Crippen LogP contribution >= 0.6 is 21.6 Å². The largest absolute Gasteiger partial charge is 0.377 e. The summed E-state index contributed by atoms with van der Waals surface area (Å²) in [6, 6.07) is 10.6. The molecule has 0 saturated carbocycles. The minimum atomic E-state index is -4.79. The molecule has 38 heavy (non-hydrogen) atoms. The smallest absolute Gasteiger partial charge is 0.334 e. The Morgan fingerprint density at radius 3 is 2.34 bits per heavy atom. The van der Waals surface area contributed by atoms with Gasteiger partial charge in [0, 0.05) is 78.2 Å². The first-order chi connectivity index (χ1) is 17.3. The fraction of sp³-hybridized carbons (Fsp3) is 0.381. The second-order valence-electron chi connectivity index (χ2n) is 8.01. The Bertz CT molecular complexity index is 1420. The molecule has 0 aromatic heterocycles. The van der Waals surface area contributed by atoms with Crippen LogP contribution in [0.1, 0.15) is 12.8 Å². The molecule has 0 bridgehead atoms. The standard InChI is InChI=1S/C21H25N3O9S4.Na/c1-23(2)16-7-3-6-15-14(16)5-4-8-17(15)36(28,29)22-10-12-35-34-11-9-20(26)33-24-19(25)13-18(21(24)27)37(30,31)32;/h3-8,18,22H,9-13H2,1-2H3,(H,30,31,32);. The molecule has 1 aliphatic rings. The van der Waals surface area contributed by atoms with Crippen molar-refractivity contribution in [1.29, 1.82) is 0 Å². The summed E-state index contributed by atoms with van der Waals surface area (Å²) in [5.41, 5.74) is 0.900. The summed E-state index contributed by atoms with van der Waals surface area (Å²) in [6.07, 6.45) is -0.998. The van der Waals surface area contributed by atoms with E-state index in [4.69, 9.17) is 4.55 Å². The molecule has 0 spiro atoms. The van der Waals surface area contributed by atoms with Crippen LogP contribution in [0, 0.1) is 0 Å². The molecule has 0 aliphatic carbocycles. The van der Waals surface area contributed by atoms with Gasteiger partial charge in [0.2, 0.25) is 10.0 Å². The van der Waals surface area contributed by atoms with Crippen molar-refractivity contribution in [3.8, 4) is 0 Å². The molecule has 1 atom stereocenters. The molecule has 1 fully saturated rings. The molecule has 17 heteroatoms. The minimum Gasteiger partial charge on any atom is -0.377 e. The van der Waals surface area contributed by atoms with Gasteiger partial charge < -0.3 is 9.74 Å². The van der Waals surface area contributed by atoms with Crippen molar-refractivity contribution in [2.24, 2.45) is 0 Å². The number of rotatable bonds is 12. The second kappa shape index (κ2) is 13.8. The maximum absolute atomic E-state index is 12.9. The number of sulfonamides is 1. The van der Waals surface area contributed by atoms with Gasteiger partial charge in [-0.05, 0) is 12.1 Å². The van der Waals surface area contributed by atoms with Crippen LogP contribution in [-0.4, -0.2) is 111 Å². The zero-order valence-electron chi connectivity index (χ0n) is 20.8. The Morgan fingerprint density at radius 1 is 1.08 bits per heavy atom. The molecule has 1 radical (unpaired) electrons. The molecule has 1 aliphatic heterocycles. The molecule has 203 valence electrons. The molecular formula is C21H25N3NaO9S4. The number of fused-ring (bicyclic) bond motifs is 1. The molecule has 1 heterocycles. The van der Waals surface area contributed by atoms with Crippen molar-refractivity contribution in [2.45, 2.75) is 23.0 Å². The zero-order chi connectivity index (χ0) is 27.4. The van der Waals surface area contributed by atoms with Gasteiger partial charge in [0.25, 0.3) is 21.9 Å². The van der Waals surface area contributed by atoms with Gasteiger partial charge in [-0.25, -0.2) is 17.9 Å². The first kappa shape index (κ1) is 32.8. The summed E-state index contributed by atoms with van der Waals surface area (Å²) in [7, 11) is -2.24. The number of nitrogens with one attached hydrogen (secondary N) is 1. The van der Waals surface area contributed by atoms with E-state index >= 15 is 0 Å². The predicted molar refractivity (Wildman–Crippen MR) is 147 cm³/mol. The van der Waals surface area contributed by atoms with E-state index in [0.29, 0.717) is 11.1 Å². The molecule has 2 aromatic carbocycles. The van der Waals surface area contributed by atoms with Crippen molar-refractivity contribution >= 4 is 106 Å². The average Bonchev–Trinajstić information content (AvgIpc) is 3.11. The number of amides is 2. The summed E-state index contributed by atoms with van der Waals surface area (Å²) in [6.45, 7) is 0.141. The first-order valence-corrected chi connectivity index (χ1v) is 16.3. The molecule has 1 unspecified atom stereocenters. The Morgan fingerprint density at radius 2 is 1.71 bits per heavy atom. The Hall–Kier alpha value is -1.37. The summed E-state index contributed by atoms with van der Waals surface area (Å²) >= 11 is 0. The molecule has 1 saturated heterocycles. The molecule has 2 aromatic rings. The maximum atomic E-state index is 12.9. The van der Waals surface area contributed by atoms with Crippen LogP contribution in [0.15, 0.2) is 41.3 Å². The number of hydroxylamine groups is 2. The first-order valence-electron chi connectivity index (χ1n) is 10.8. The van der Waals surface area contributed by atoms with E-state index in [1.165, 1.54) is 21.6 Å². The number of carbonyl (C=O) groups excluding carboxylic acids is 3. The quantitative estimate of drug-likeness (QED) is 0.115. The SMILES string of the molecule is CN(C)c1cccc2c(S(=O)(=O)NCCSSCCC(=O)ON3C(=O)CC(S(=O)(=O)O)C3=O)cccc12.[Na]. The minimum absolute atomic E-state index is 0. The molecule has 2 N–H and O–H groups in total. The van der Waals surface area contributed by atoms with Gasteiger partial charge in [0.05, 0.1) is 17.7 Å². The van der Waals surface area contributed by atoms with Crippen LogP contribution in [0.3, 0.4) is 0 Å². The van der Waals surface area contributed by atoms with Crippen LogP contribution in [0.2, 0.25) is 0 Å². The average molecular weight is 615 g/mol. The summed E-state index contributed by atoms with van der Waals surface area (Å²) in [4.78, 5) is 42.2. The number of benzene rings is 2. The molecule has 2 amide bonds. The number of carbonyl (C=O) groups is 3. The third kappa shape index (κ3) is 8.08. The van der Waals surface area contributed by atoms with Crippen molar-refractivity contribution in [2.75, 3.05) is 37.0 Å². The molecule has 12 nitrogen and oxygen atoms in total. The van der Waals surface area contributed by atoms with E-state index in [1.807, 2.05) is 31.1 Å². The van der Waals surface area contributed by atoms with E-state index < -0.39 is 49.6 Å². The van der Waals surface area contributed by atoms with Gasteiger partial charge in [-0.2, -0.15) is 8.42 Å². The van der Waals surface area contributed by atoms with Crippen LogP contribution in [0.25, 0.3) is 10.8 Å². The third-order valence-corrected chi connectivity index (χ3v) is 10.2. The predicted octanol–water partition coefficient (Wildman–Crippen LogP) is 1.05. The Balaban J connectivity index is 0.00000507. The zero-order valence-corrected chi connectivity index (χ0v) is 26.1. The topological polar surface area (TPSA) is 167 Å². The van der Waals surface area contributed by atoms with Gasteiger partial charge in [-0.3, -0.25) is 14.1 Å². The van der Waals surface area contributed by atoms with E-state index in [-0.39, 0.29) is 58.2 Å². The number of anilines is 1. The van der Waals surface area contributed by atoms with Crippen LogP contribution in [-0.2, 0) is 39.4 Å². The van der Waals surface area contributed by atoms with Crippen molar-refractivity contribution in [1.82, 2.24) is 9.79 Å². The van der Waals surface area contributed by atoms with Gasteiger partial charge in [0.1, 0.15) is 0 Å². The van der Waals surface area contributed by atoms with Crippen molar-refractivity contribution < 1.29 is 40.6 Å². The second-order valence-corrected chi connectivity index (χ2v) is 14.0. The van der Waals surface area contributed by atoms with Crippen LogP contribution < -0.4 is 9.62 Å². The summed E-state index contributed by atoms with van der Waals surface area (Å²) in [5, 5.41) is -0.495. The van der Waals surface area contributed by atoms with Gasteiger partial charge in [-0.15, -0.1) is 5.06 Å². The van der Waals surface area contributed by atoms with E-state index in [9.17, 15) is 31.2 Å². The van der Waals surface area contributed by atoms with E-state index in [1.54, 1.807) is 24.3 Å². The van der Waals surface area contributed by atoms with Crippen molar-refractivity contribution in [3.63, 3.8) is 0 Å².